The van der Waals surface area contributed by atoms with Crippen molar-refractivity contribution in [2.24, 2.45) is 12.9 Å². The molecule has 1 aromatic carbocycles. The molecule has 0 radical (unpaired) electrons. The van der Waals surface area contributed by atoms with E-state index in [0.29, 0.717) is 6.42 Å². The molecule has 1 unspecified atom stereocenters. The summed E-state index contributed by atoms with van der Waals surface area (Å²) in [5.74, 6) is 5.10. The Balaban J connectivity index is 2.17. The molecule has 96 valence electrons. The molecule has 0 bridgehead atoms. The molecule has 3 N–H and O–H groups in total. The van der Waals surface area contributed by atoms with Crippen LogP contribution < -0.4 is 11.3 Å². The largest absolute Gasteiger partial charge is 0.275 e. The van der Waals surface area contributed by atoms with E-state index < -0.39 is 5.82 Å². The van der Waals surface area contributed by atoms with E-state index in [1.807, 2.05) is 13.2 Å². The van der Waals surface area contributed by atoms with E-state index in [2.05, 4.69) is 10.5 Å². The van der Waals surface area contributed by atoms with Gasteiger partial charge in [-0.15, -0.1) is 0 Å². The van der Waals surface area contributed by atoms with Crippen LogP contribution in [0.15, 0.2) is 30.6 Å². The molecule has 0 saturated heterocycles. The highest BCUT2D eigenvalue weighted by Crippen LogP contribution is 2.21. The fraction of sp³-hybridized carbons (Fsp3) is 0.250. The molecule has 1 aromatic heterocycles. The zero-order valence-corrected chi connectivity index (χ0v) is 10.7. The van der Waals surface area contributed by atoms with Gasteiger partial charge in [-0.1, -0.05) is 17.7 Å². The van der Waals surface area contributed by atoms with Gasteiger partial charge in [0.1, 0.15) is 5.82 Å². The van der Waals surface area contributed by atoms with Crippen LogP contribution in [0.25, 0.3) is 0 Å². The minimum Gasteiger partial charge on any atom is -0.275 e. The maximum atomic E-state index is 13.3. The van der Waals surface area contributed by atoms with Crippen LogP contribution in [0.4, 0.5) is 4.39 Å². The fourth-order valence-electron chi connectivity index (χ4n) is 1.80. The lowest BCUT2D eigenvalue weighted by atomic mass is 10.0. The molecule has 4 nitrogen and oxygen atoms in total. The molecule has 0 aliphatic carbocycles. The van der Waals surface area contributed by atoms with Crippen molar-refractivity contribution in [1.82, 2.24) is 15.2 Å². The summed E-state index contributed by atoms with van der Waals surface area (Å²) in [6, 6.07) is 4.64. The molecule has 1 atom stereocenters. The van der Waals surface area contributed by atoms with Crippen LogP contribution in [0.5, 0.6) is 0 Å². The summed E-state index contributed by atoms with van der Waals surface area (Å²) >= 11 is 5.64. The van der Waals surface area contributed by atoms with Crippen LogP contribution in [-0.4, -0.2) is 9.78 Å². The predicted molar refractivity (Wildman–Crippen MR) is 68.4 cm³/mol. The lowest BCUT2D eigenvalue weighted by Gasteiger charge is -2.14. The SMILES string of the molecule is Cn1cc(C(Cc2ccc(Cl)c(F)c2)NN)cn1. The van der Waals surface area contributed by atoms with E-state index in [0.717, 1.165) is 11.1 Å². The van der Waals surface area contributed by atoms with Gasteiger partial charge in [0.15, 0.2) is 0 Å². The molecule has 2 rings (SSSR count). The van der Waals surface area contributed by atoms with Gasteiger partial charge in [0.05, 0.1) is 17.3 Å². The van der Waals surface area contributed by atoms with Crippen molar-refractivity contribution in [3.63, 3.8) is 0 Å². The molecule has 2 aromatic rings. The number of halogens is 2. The molecule has 0 aliphatic rings. The van der Waals surface area contributed by atoms with E-state index in [1.165, 1.54) is 6.07 Å². The molecule has 0 saturated carbocycles. The predicted octanol–water partition coefficient (Wildman–Crippen LogP) is 1.96. The number of aromatic nitrogens is 2. The molecule has 1 heterocycles. The highest BCUT2D eigenvalue weighted by molar-refractivity contribution is 6.30. The summed E-state index contributed by atoms with van der Waals surface area (Å²) in [5.41, 5.74) is 4.48. The van der Waals surface area contributed by atoms with Gasteiger partial charge in [-0.2, -0.15) is 5.10 Å². The highest BCUT2D eigenvalue weighted by Gasteiger charge is 2.13. The number of hydrogen-bond acceptors (Lipinski definition) is 3. The molecule has 18 heavy (non-hydrogen) atoms. The highest BCUT2D eigenvalue weighted by atomic mass is 35.5. The molecule has 0 aliphatic heterocycles. The second-order valence-corrected chi connectivity index (χ2v) is 4.53. The van der Waals surface area contributed by atoms with E-state index in [1.54, 1.807) is 23.0 Å². The van der Waals surface area contributed by atoms with E-state index in [-0.39, 0.29) is 11.1 Å². The summed E-state index contributed by atoms with van der Waals surface area (Å²) in [4.78, 5) is 0. The van der Waals surface area contributed by atoms with Gasteiger partial charge in [-0.3, -0.25) is 16.0 Å². The number of benzene rings is 1. The van der Waals surface area contributed by atoms with Crippen LogP contribution in [0.2, 0.25) is 5.02 Å². The number of nitrogens with two attached hydrogens (primary N) is 1. The van der Waals surface area contributed by atoms with Crippen LogP contribution in [0.3, 0.4) is 0 Å². The lowest BCUT2D eigenvalue weighted by Crippen LogP contribution is -2.29. The third-order valence-electron chi connectivity index (χ3n) is 2.75. The average Bonchev–Trinajstić information content (AvgIpc) is 2.77. The first kappa shape index (κ1) is 13.0. The third kappa shape index (κ3) is 2.87. The molecule has 0 amide bonds. The van der Waals surface area contributed by atoms with Gasteiger partial charge >= 0.3 is 0 Å². The van der Waals surface area contributed by atoms with Crippen LogP contribution >= 0.6 is 11.6 Å². The molecule has 0 fully saturated rings. The first-order chi connectivity index (χ1) is 8.60. The Morgan fingerprint density at radius 1 is 1.56 bits per heavy atom. The fourth-order valence-corrected chi connectivity index (χ4v) is 1.91. The summed E-state index contributed by atoms with van der Waals surface area (Å²) in [6.07, 6.45) is 4.17. The Hall–Kier alpha value is -1.43. The number of aryl methyl sites for hydroxylation is 1. The second-order valence-electron chi connectivity index (χ2n) is 4.12. The summed E-state index contributed by atoms with van der Waals surface area (Å²) in [6.45, 7) is 0. The van der Waals surface area contributed by atoms with Gasteiger partial charge in [0.25, 0.3) is 0 Å². The Bertz CT molecular complexity index is 541. The minimum absolute atomic E-state index is 0.112. The number of hydrazine groups is 1. The van der Waals surface area contributed by atoms with Gasteiger partial charge < -0.3 is 0 Å². The van der Waals surface area contributed by atoms with Crippen LogP contribution in [0.1, 0.15) is 17.2 Å². The maximum absolute atomic E-state index is 13.3. The van der Waals surface area contributed by atoms with Crippen molar-refractivity contribution < 1.29 is 4.39 Å². The van der Waals surface area contributed by atoms with Gasteiger partial charge in [-0.05, 0) is 24.1 Å². The second kappa shape index (κ2) is 5.48. The first-order valence-electron chi connectivity index (χ1n) is 5.48. The monoisotopic (exact) mass is 268 g/mol. The van der Waals surface area contributed by atoms with Crippen molar-refractivity contribution in [3.05, 3.63) is 52.6 Å². The number of rotatable bonds is 4. The third-order valence-corrected chi connectivity index (χ3v) is 3.06. The first-order valence-corrected chi connectivity index (χ1v) is 5.86. The standard InChI is InChI=1S/C12H14ClFN4/c1-18-7-9(6-16-18)12(17-15)5-8-2-3-10(13)11(14)4-8/h2-4,6-7,12,17H,5,15H2,1H3. The normalized spacial score (nSPS) is 12.7. The molecule has 0 spiro atoms. The number of hydrogen-bond donors (Lipinski definition) is 2. The lowest BCUT2D eigenvalue weighted by molar-refractivity contribution is 0.548. The average molecular weight is 269 g/mol. The van der Waals surface area contributed by atoms with Crippen molar-refractivity contribution >= 4 is 11.6 Å². The number of nitrogens with one attached hydrogen (secondary N) is 1. The smallest absolute Gasteiger partial charge is 0.142 e. The quantitative estimate of drug-likeness (QED) is 0.658. The Labute approximate surface area is 110 Å². The summed E-state index contributed by atoms with van der Waals surface area (Å²) in [7, 11) is 1.83. The van der Waals surface area contributed by atoms with Crippen molar-refractivity contribution in [2.45, 2.75) is 12.5 Å². The zero-order chi connectivity index (χ0) is 13.1. The molecular formula is C12H14ClFN4. The Kier molecular flexibility index (Phi) is 3.96. The minimum atomic E-state index is -0.420. The van der Waals surface area contributed by atoms with Gasteiger partial charge in [-0.25, -0.2) is 4.39 Å². The van der Waals surface area contributed by atoms with Crippen LogP contribution in [0, 0.1) is 5.82 Å². The van der Waals surface area contributed by atoms with Crippen molar-refractivity contribution in [3.8, 4) is 0 Å². The van der Waals surface area contributed by atoms with E-state index in [9.17, 15) is 4.39 Å². The summed E-state index contributed by atoms with van der Waals surface area (Å²) in [5, 5.41) is 4.21. The Morgan fingerprint density at radius 2 is 2.33 bits per heavy atom. The molecular weight excluding hydrogens is 255 g/mol. The van der Waals surface area contributed by atoms with Crippen molar-refractivity contribution in [1.29, 1.82) is 0 Å². The zero-order valence-electron chi connectivity index (χ0n) is 9.90. The number of nitrogens with zero attached hydrogens (tertiary/aromatic N) is 2. The van der Waals surface area contributed by atoms with Crippen molar-refractivity contribution in [2.75, 3.05) is 0 Å². The maximum Gasteiger partial charge on any atom is 0.142 e. The van der Waals surface area contributed by atoms with Gasteiger partial charge in [0, 0.05) is 18.8 Å². The van der Waals surface area contributed by atoms with E-state index >= 15 is 0 Å². The van der Waals surface area contributed by atoms with E-state index in [4.69, 9.17) is 17.4 Å². The van der Waals surface area contributed by atoms with Crippen LogP contribution in [-0.2, 0) is 13.5 Å². The molecule has 6 heteroatoms. The summed E-state index contributed by atoms with van der Waals surface area (Å²) < 4.78 is 15.0. The Morgan fingerprint density at radius 3 is 2.89 bits per heavy atom. The topological polar surface area (TPSA) is 55.9 Å². The van der Waals surface area contributed by atoms with Gasteiger partial charge in [0.2, 0.25) is 0 Å².